The van der Waals surface area contributed by atoms with E-state index in [1.165, 1.54) is 0 Å². The highest BCUT2D eigenvalue weighted by molar-refractivity contribution is 5.21. The lowest BCUT2D eigenvalue weighted by molar-refractivity contribution is 0.199. The summed E-state index contributed by atoms with van der Waals surface area (Å²) in [6.07, 6.45) is 2.75. The Morgan fingerprint density at radius 1 is 1.64 bits per heavy atom. The number of nitrogens with two attached hydrogens (primary N) is 1. The van der Waals surface area contributed by atoms with Crippen molar-refractivity contribution >= 4 is 0 Å². The maximum atomic E-state index is 14.4. The van der Waals surface area contributed by atoms with Gasteiger partial charge in [-0.05, 0) is 31.9 Å². The molecule has 2 N–H and O–H groups in total. The summed E-state index contributed by atoms with van der Waals surface area (Å²) in [5.41, 5.74) is 5.19. The molecule has 80 valence electrons. The van der Waals surface area contributed by atoms with E-state index < -0.39 is 5.67 Å². The van der Waals surface area contributed by atoms with Crippen molar-refractivity contribution in [1.82, 2.24) is 4.90 Å². The predicted molar refractivity (Wildman–Crippen MR) is 55.9 cm³/mol. The van der Waals surface area contributed by atoms with Crippen LogP contribution in [-0.2, 0) is 0 Å². The number of rotatable bonds is 2. The predicted octanol–water partition coefficient (Wildman–Crippen LogP) is 1.47. The maximum absolute atomic E-state index is 14.4. The molecule has 2 unspecified atom stereocenters. The lowest BCUT2D eigenvalue weighted by atomic mass is 9.85. The highest BCUT2D eigenvalue weighted by atomic mass is 19.1. The molecule has 2 saturated heterocycles. The van der Waals surface area contributed by atoms with Crippen molar-refractivity contribution in [3.05, 3.63) is 12.2 Å². The summed E-state index contributed by atoms with van der Waals surface area (Å²) in [5, 5.41) is 0. The SMILES string of the molecule is C=C(C)C1(F)CN2CCCC2(CN)C1. The molecule has 2 heterocycles. The van der Waals surface area contributed by atoms with Gasteiger partial charge in [-0.25, -0.2) is 4.39 Å². The molecule has 0 aliphatic carbocycles. The molecule has 2 fully saturated rings. The van der Waals surface area contributed by atoms with Gasteiger partial charge in [0.05, 0.1) is 0 Å². The topological polar surface area (TPSA) is 29.3 Å². The molecule has 3 heteroatoms. The standard InChI is InChI=1S/C11H19FN2/c1-9(2)11(12)6-10(7-13)4-3-5-14(10)8-11/h1,3-8,13H2,2H3. The van der Waals surface area contributed by atoms with Crippen molar-refractivity contribution in [2.45, 2.75) is 37.4 Å². The largest absolute Gasteiger partial charge is 0.329 e. The van der Waals surface area contributed by atoms with E-state index in [4.69, 9.17) is 5.73 Å². The Morgan fingerprint density at radius 2 is 2.36 bits per heavy atom. The average Bonchev–Trinajstić information content (AvgIpc) is 2.59. The summed E-state index contributed by atoms with van der Waals surface area (Å²) in [7, 11) is 0. The minimum absolute atomic E-state index is 0.0618. The van der Waals surface area contributed by atoms with E-state index >= 15 is 0 Å². The smallest absolute Gasteiger partial charge is 0.145 e. The first-order valence-corrected chi connectivity index (χ1v) is 5.32. The fourth-order valence-electron chi connectivity index (χ4n) is 2.91. The molecule has 2 nitrogen and oxygen atoms in total. The summed E-state index contributed by atoms with van der Waals surface area (Å²) in [4.78, 5) is 2.22. The van der Waals surface area contributed by atoms with Crippen LogP contribution in [0.1, 0.15) is 26.2 Å². The number of fused-ring (bicyclic) bond motifs is 1. The van der Waals surface area contributed by atoms with Crippen LogP contribution in [0.3, 0.4) is 0 Å². The van der Waals surface area contributed by atoms with E-state index in [2.05, 4.69) is 11.5 Å². The second-order valence-electron chi connectivity index (χ2n) is 4.88. The van der Waals surface area contributed by atoms with Gasteiger partial charge in [0.15, 0.2) is 0 Å². The Bertz CT molecular complexity index is 266. The average molecular weight is 198 g/mol. The molecule has 0 aromatic heterocycles. The zero-order valence-corrected chi connectivity index (χ0v) is 8.85. The molecular formula is C11H19FN2. The van der Waals surface area contributed by atoms with E-state index in [-0.39, 0.29) is 5.54 Å². The highest BCUT2D eigenvalue weighted by Crippen LogP contribution is 2.46. The Balaban J connectivity index is 2.24. The van der Waals surface area contributed by atoms with Gasteiger partial charge >= 0.3 is 0 Å². The van der Waals surface area contributed by atoms with E-state index in [1.54, 1.807) is 6.92 Å². The molecule has 14 heavy (non-hydrogen) atoms. The monoisotopic (exact) mass is 198 g/mol. The van der Waals surface area contributed by atoms with Crippen molar-refractivity contribution < 1.29 is 4.39 Å². The van der Waals surface area contributed by atoms with Gasteiger partial charge in [0.2, 0.25) is 0 Å². The van der Waals surface area contributed by atoms with Crippen molar-refractivity contribution in [2.24, 2.45) is 5.73 Å². The van der Waals surface area contributed by atoms with E-state index in [9.17, 15) is 4.39 Å². The second kappa shape index (κ2) is 3.04. The number of alkyl halides is 1. The minimum Gasteiger partial charge on any atom is -0.329 e. The van der Waals surface area contributed by atoms with Gasteiger partial charge in [0, 0.05) is 25.0 Å². The van der Waals surface area contributed by atoms with Crippen molar-refractivity contribution in [2.75, 3.05) is 19.6 Å². The van der Waals surface area contributed by atoms with Crippen molar-refractivity contribution in [1.29, 1.82) is 0 Å². The van der Waals surface area contributed by atoms with Crippen molar-refractivity contribution in [3.63, 3.8) is 0 Å². The quantitative estimate of drug-likeness (QED) is 0.681. The highest BCUT2D eigenvalue weighted by Gasteiger charge is 2.55. The molecule has 0 saturated carbocycles. The fraction of sp³-hybridized carbons (Fsp3) is 0.818. The van der Waals surface area contributed by atoms with Crippen LogP contribution < -0.4 is 5.73 Å². The van der Waals surface area contributed by atoms with Crippen LogP contribution in [0.5, 0.6) is 0 Å². The molecule has 2 aliphatic rings. The van der Waals surface area contributed by atoms with Gasteiger partial charge in [-0.2, -0.15) is 0 Å². The van der Waals surface area contributed by atoms with Gasteiger partial charge in [-0.1, -0.05) is 6.58 Å². The Morgan fingerprint density at radius 3 is 2.86 bits per heavy atom. The van der Waals surface area contributed by atoms with Gasteiger partial charge in [-0.3, -0.25) is 4.90 Å². The third-order valence-electron chi connectivity index (χ3n) is 3.94. The molecule has 2 atom stereocenters. The second-order valence-corrected chi connectivity index (χ2v) is 4.88. The fourth-order valence-corrected chi connectivity index (χ4v) is 2.91. The Kier molecular flexibility index (Phi) is 2.20. The van der Waals surface area contributed by atoms with Crippen LogP contribution in [0.2, 0.25) is 0 Å². The van der Waals surface area contributed by atoms with E-state index in [0.717, 1.165) is 19.4 Å². The lowest BCUT2D eigenvalue weighted by Crippen LogP contribution is -2.44. The molecule has 0 radical (unpaired) electrons. The van der Waals surface area contributed by atoms with E-state index in [1.807, 2.05) is 0 Å². The summed E-state index contributed by atoms with van der Waals surface area (Å²) in [5.74, 6) is 0. The minimum atomic E-state index is -1.19. The normalized spacial score (nSPS) is 42.8. The Hall–Kier alpha value is -0.410. The Labute approximate surface area is 85.0 Å². The first-order valence-electron chi connectivity index (χ1n) is 5.32. The zero-order valence-electron chi connectivity index (χ0n) is 8.85. The van der Waals surface area contributed by atoms with Crippen LogP contribution in [0.4, 0.5) is 4.39 Å². The summed E-state index contributed by atoms with van der Waals surface area (Å²) < 4.78 is 14.4. The first kappa shape index (κ1) is 10.1. The summed E-state index contributed by atoms with van der Waals surface area (Å²) >= 11 is 0. The molecule has 2 aliphatic heterocycles. The van der Waals surface area contributed by atoms with Crippen LogP contribution >= 0.6 is 0 Å². The molecule has 0 spiro atoms. The number of hydrogen-bond donors (Lipinski definition) is 1. The first-order chi connectivity index (χ1) is 6.52. The van der Waals surface area contributed by atoms with Gasteiger partial charge in [-0.15, -0.1) is 0 Å². The van der Waals surface area contributed by atoms with Crippen LogP contribution in [-0.4, -0.2) is 35.7 Å². The maximum Gasteiger partial charge on any atom is 0.145 e. The summed E-state index contributed by atoms with van der Waals surface area (Å²) in [6, 6.07) is 0. The molecule has 0 bridgehead atoms. The molecular weight excluding hydrogens is 179 g/mol. The lowest BCUT2D eigenvalue weighted by Gasteiger charge is -2.29. The van der Waals surface area contributed by atoms with Crippen LogP contribution in [0.15, 0.2) is 12.2 Å². The van der Waals surface area contributed by atoms with Crippen molar-refractivity contribution in [3.8, 4) is 0 Å². The van der Waals surface area contributed by atoms with Gasteiger partial charge < -0.3 is 5.73 Å². The number of hydrogen-bond acceptors (Lipinski definition) is 2. The molecule has 0 aromatic rings. The third-order valence-corrected chi connectivity index (χ3v) is 3.94. The third kappa shape index (κ3) is 1.22. The van der Waals surface area contributed by atoms with Gasteiger partial charge in [0.1, 0.15) is 5.67 Å². The van der Waals surface area contributed by atoms with Crippen LogP contribution in [0.25, 0.3) is 0 Å². The molecule has 2 rings (SSSR count). The van der Waals surface area contributed by atoms with E-state index in [0.29, 0.717) is 25.1 Å². The molecule has 0 aromatic carbocycles. The van der Waals surface area contributed by atoms with Gasteiger partial charge in [0.25, 0.3) is 0 Å². The molecule has 0 amide bonds. The summed E-state index contributed by atoms with van der Waals surface area (Å²) in [6.45, 7) is 7.61. The number of halogens is 1. The van der Waals surface area contributed by atoms with Crippen LogP contribution in [0, 0.1) is 0 Å². The zero-order chi connectivity index (χ0) is 10.4. The number of nitrogens with zero attached hydrogens (tertiary/aromatic N) is 1.